The van der Waals surface area contributed by atoms with Gasteiger partial charge in [0.25, 0.3) is 5.69 Å². The van der Waals surface area contributed by atoms with Gasteiger partial charge in [-0.25, -0.2) is 0 Å². The van der Waals surface area contributed by atoms with Gasteiger partial charge in [-0.2, -0.15) is 11.3 Å². The summed E-state index contributed by atoms with van der Waals surface area (Å²) >= 11 is 1.70. The molecule has 1 heterocycles. The van der Waals surface area contributed by atoms with Crippen LogP contribution in [0.25, 0.3) is 0 Å². The lowest BCUT2D eigenvalue weighted by atomic mass is 10.1. The molecule has 1 N–H and O–H groups in total. The summed E-state index contributed by atoms with van der Waals surface area (Å²) in [6, 6.07) is 9.01. The van der Waals surface area contributed by atoms with Gasteiger partial charge in [0.1, 0.15) is 0 Å². The molecule has 0 aliphatic heterocycles. The van der Waals surface area contributed by atoms with Crippen LogP contribution in [0, 0.1) is 10.1 Å². The maximum absolute atomic E-state index is 10.7. The number of hydrogen-bond donors (Lipinski definition) is 1. The monoisotopic (exact) mass is 276 g/mol. The SMILES string of the molecule is CC(NCCc1ccsc1)c1cccc([N+](=O)[O-])c1. The van der Waals surface area contributed by atoms with E-state index in [2.05, 4.69) is 22.1 Å². The van der Waals surface area contributed by atoms with Crippen molar-refractivity contribution in [2.45, 2.75) is 19.4 Å². The van der Waals surface area contributed by atoms with Crippen molar-refractivity contribution >= 4 is 17.0 Å². The summed E-state index contributed by atoms with van der Waals surface area (Å²) < 4.78 is 0. The second kappa shape index (κ2) is 6.45. The predicted molar refractivity (Wildman–Crippen MR) is 77.5 cm³/mol. The van der Waals surface area contributed by atoms with E-state index < -0.39 is 0 Å². The first-order valence-electron chi connectivity index (χ1n) is 6.15. The molecule has 2 aromatic rings. The van der Waals surface area contributed by atoms with E-state index in [9.17, 15) is 10.1 Å². The van der Waals surface area contributed by atoms with Crippen LogP contribution in [0.1, 0.15) is 24.1 Å². The lowest BCUT2D eigenvalue weighted by Gasteiger charge is -2.13. The molecule has 0 aliphatic carbocycles. The highest BCUT2D eigenvalue weighted by Crippen LogP contribution is 2.18. The van der Waals surface area contributed by atoms with Gasteiger partial charge < -0.3 is 5.32 Å². The van der Waals surface area contributed by atoms with Gasteiger partial charge in [0.2, 0.25) is 0 Å². The summed E-state index contributed by atoms with van der Waals surface area (Å²) in [5.41, 5.74) is 2.41. The zero-order valence-electron chi connectivity index (χ0n) is 10.7. The van der Waals surface area contributed by atoms with Crippen molar-refractivity contribution in [2.24, 2.45) is 0 Å². The van der Waals surface area contributed by atoms with Crippen molar-refractivity contribution in [3.8, 4) is 0 Å². The lowest BCUT2D eigenvalue weighted by Crippen LogP contribution is -2.21. The van der Waals surface area contributed by atoms with Crippen molar-refractivity contribution in [1.29, 1.82) is 0 Å². The molecular weight excluding hydrogens is 260 g/mol. The number of non-ortho nitro benzene ring substituents is 1. The fourth-order valence-corrected chi connectivity index (χ4v) is 2.60. The molecule has 100 valence electrons. The Labute approximate surface area is 116 Å². The van der Waals surface area contributed by atoms with Gasteiger partial charge in [0, 0.05) is 18.2 Å². The van der Waals surface area contributed by atoms with Gasteiger partial charge >= 0.3 is 0 Å². The standard InChI is InChI=1S/C14H16N2O2S/c1-11(15-7-5-12-6-8-19-10-12)13-3-2-4-14(9-13)16(17)18/h2-4,6,8-11,15H,5,7H2,1H3. The highest BCUT2D eigenvalue weighted by atomic mass is 32.1. The van der Waals surface area contributed by atoms with Gasteiger partial charge in [0.15, 0.2) is 0 Å². The summed E-state index contributed by atoms with van der Waals surface area (Å²) in [5.74, 6) is 0. The van der Waals surface area contributed by atoms with E-state index in [1.54, 1.807) is 23.5 Å². The van der Waals surface area contributed by atoms with Gasteiger partial charge in [-0.15, -0.1) is 0 Å². The van der Waals surface area contributed by atoms with Crippen LogP contribution in [0.3, 0.4) is 0 Å². The Hall–Kier alpha value is -1.72. The van der Waals surface area contributed by atoms with Gasteiger partial charge in [-0.05, 0) is 47.8 Å². The predicted octanol–water partition coefficient (Wildman–Crippen LogP) is 3.55. The summed E-state index contributed by atoms with van der Waals surface area (Å²) in [5, 5.41) is 18.3. The highest BCUT2D eigenvalue weighted by Gasteiger charge is 2.10. The quantitative estimate of drug-likeness (QED) is 0.648. The molecule has 0 amide bonds. The summed E-state index contributed by atoms with van der Waals surface area (Å²) in [7, 11) is 0. The van der Waals surface area contributed by atoms with Crippen molar-refractivity contribution in [1.82, 2.24) is 5.32 Å². The number of thiophene rings is 1. The van der Waals surface area contributed by atoms with E-state index in [-0.39, 0.29) is 16.7 Å². The zero-order chi connectivity index (χ0) is 13.7. The maximum atomic E-state index is 10.7. The number of hydrogen-bond acceptors (Lipinski definition) is 4. The first-order chi connectivity index (χ1) is 9.16. The van der Waals surface area contributed by atoms with Crippen LogP contribution in [0.15, 0.2) is 41.1 Å². The van der Waals surface area contributed by atoms with Crippen molar-refractivity contribution in [3.63, 3.8) is 0 Å². The average molecular weight is 276 g/mol. The first-order valence-corrected chi connectivity index (χ1v) is 7.10. The number of rotatable bonds is 6. The molecule has 0 radical (unpaired) electrons. The Bertz CT molecular complexity index is 540. The molecule has 0 bridgehead atoms. The highest BCUT2D eigenvalue weighted by molar-refractivity contribution is 7.07. The minimum absolute atomic E-state index is 0.110. The molecular formula is C14H16N2O2S. The second-order valence-corrected chi connectivity index (χ2v) is 5.19. The normalized spacial score (nSPS) is 12.3. The van der Waals surface area contributed by atoms with Crippen LogP contribution in [-0.4, -0.2) is 11.5 Å². The number of benzene rings is 1. The zero-order valence-corrected chi connectivity index (χ0v) is 11.5. The fraction of sp³-hybridized carbons (Fsp3) is 0.286. The van der Waals surface area contributed by atoms with Crippen LogP contribution in [0.5, 0.6) is 0 Å². The molecule has 1 aromatic heterocycles. The molecule has 1 aromatic carbocycles. The molecule has 0 spiro atoms. The van der Waals surface area contributed by atoms with Gasteiger partial charge in [0.05, 0.1) is 4.92 Å². The number of nitrogens with one attached hydrogen (secondary N) is 1. The molecule has 19 heavy (non-hydrogen) atoms. The minimum Gasteiger partial charge on any atom is -0.310 e. The van der Waals surface area contributed by atoms with Crippen LogP contribution in [-0.2, 0) is 6.42 Å². The Morgan fingerprint density at radius 2 is 2.26 bits per heavy atom. The van der Waals surface area contributed by atoms with Crippen LogP contribution in [0.2, 0.25) is 0 Å². The van der Waals surface area contributed by atoms with Crippen molar-refractivity contribution in [3.05, 3.63) is 62.3 Å². The third-order valence-corrected chi connectivity index (χ3v) is 3.76. The molecule has 4 nitrogen and oxygen atoms in total. The van der Waals surface area contributed by atoms with Crippen molar-refractivity contribution < 1.29 is 4.92 Å². The number of nitro benzene ring substituents is 1. The molecule has 0 saturated carbocycles. The van der Waals surface area contributed by atoms with Crippen molar-refractivity contribution in [2.75, 3.05) is 6.54 Å². The Balaban J connectivity index is 1.90. The van der Waals surface area contributed by atoms with Gasteiger partial charge in [-0.1, -0.05) is 12.1 Å². The summed E-state index contributed by atoms with van der Waals surface area (Å²) in [6.45, 7) is 2.88. The Morgan fingerprint density at radius 3 is 2.95 bits per heavy atom. The number of nitrogens with zero attached hydrogens (tertiary/aromatic N) is 1. The summed E-state index contributed by atoms with van der Waals surface area (Å²) in [4.78, 5) is 10.4. The minimum atomic E-state index is -0.360. The van der Waals surface area contributed by atoms with Crippen LogP contribution in [0.4, 0.5) is 5.69 Å². The molecule has 0 saturated heterocycles. The topological polar surface area (TPSA) is 55.2 Å². The molecule has 1 atom stereocenters. The third-order valence-electron chi connectivity index (χ3n) is 3.03. The Kier molecular flexibility index (Phi) is 4.65. The van der Waals surface area contributed by atoms with E-state index in [1.165, 1.54) is 11.6 Å². The second-order valence-electron chi connectivity index (χ2n) is 4.41. The fourth-order valence-electron chi connectivity index (χ4n) is 1.89. The van der Waals surface area contributed by atoms with E-state index in [4.69, 9.17) is 0 Å². The van der Waals surface area contributed by atoms with E-state index >= 15 is 0 Å². The summed E-state index contributed by atoms with van der Waals surface area (Å²) in [6.07, 6.45) is 0.975. The van der Waals surface area contributed by atoms with Gasteiger partial charge in [-0.3, -0.25) is 10.1 Å². The molecule has 1 unspecified atom stereocenters. The van der Waals surface area contributed by atoms with Crippen LogP contribution < -0.4 is 5.32 Å². The molecule has 0 aliphatic rings. The largest absolute Gasteiger partial charge is 0.310 e. The van der Waals surface area contributed by atoms with Crippen LogP contribution >= 0.6 is 11.3 Å². The van der Waals surface area contributed by atoms with E-state index in [0.29, 0.717) is 0 Å². The number of nitro groups is 1. The average Bonchev–Trinajstić information content (AvgIpc) is 2.92. The van der Waals surface area contributed by atoms with E-state index in [0.717, 1.165) is 18.5 Å². The third kappa shape index (κ3) is 3.87. The first kappa shape index (κ1) is 13.7. The molecule has 5 heteroatoms. The lowest BCUT2D eigenvalue weighted by molar-refractivity contribution is -0.384. The smallest absolute Gasteiger partial charge is 0.269 e. The van der Waals surface area contributed by atoms with E-state index in [1.807, 2.05) is 13.0 Å². The maximum Gasteiger partial charge on any atom is 0.269 e. The molecule has 2 rings (SSSR count). The Morgan fingerprint density at radius 1 is 1.42 bits per heavy atom. The molecule has 0 fully saturated rings.